The number of thiophene rings is 1. The van der Waals surface area contributed by atoms with Crippen molar-refractivity contribution >= 4 is 22.2 Å². The molecule has 1 aromatic heterocycles. The van der Waals surface area contributed by atoms with Crippen LogP contribution in [0.5, 0.6) is 0 Å². The first-order valence-electron chi connectivity index (χ1n) is 5.68. The summed E-state index contributed by atoms with van der Waals surface area (Å²) in [5.41, 5.74) is 3.73. The van der Waals surface area contributed by atoms with E-state index in [0.717, 1.165) is 5.00 Å². The molecule has 1 unspecified atom stereocenters. The average molecular weight is 243 g/mol. The normalized spacial score (nSPS) is 18.6. The number of anilines is 1. The highest BCUT2D eigenvalue weighted by molar-refractivity contribution is 7.14. The maximum atomic E-state index is 11.7. The van der Waals surface area contributed by atoms with Crippen molar-refractivity contribution in [1.82, 2.24) is 0 Å². The van der Waals surface area contributed by atoms with Gasteiger partial charge in [-0.2, -0.15) is 0 Å². The lowest BCUT2D eigenvalue weighted by atomic mass is 9.87. The van der Waals surface area contributed by atoms with Gasteiger partial charge < -0.3 is 5.32 Å². The van der Waals surface area contributed by atoms with Crippen LogP contribution in [0.4, 0.5) is 5.00 Å². The van der Waals surface area contributed by atoms with Crippen molar-refractivity contribution in [2.75, 3.05) is 5.32 Å². The Morgan fingerprint density at radius 1 is 1.35 bits per heavy atom. The Morgan fingerprint density at radius 3 is 3.06 bits per heavy atom. The van der Waals surface area contributed by atoms with Crippen molar-refractivity contribution in [1.29, 1.82) is 0 Å². The SMILES string of the molecule is Cc1cccc(C2CC(=O)Nc3sccc32)c1. The zero-order valence-electron chi connectivity index (χ0n) is 9.57. The predicted molar refractivity (Wildman–Crippen MR) is 70.6 cm³/mol. The van der Waals surface area contributed by atoms with Crippen LogP contribution in [0.3, 0.4) is 0 Å². The van der Waals surface area contributed by atoms with Gasteiger partial charge in [-0.1, -0.05) is 29.8 Å². The van der Waals surface area contributed by atoms with E-state index in [4.69, 9.17) is 0 Å². The second-order valence-corrected chi connectivity index (χ2v) is 5.34. The highest BCUT2D eigenvalue weighted by Crippen LogP contribution is 2.40. The Morgan fingerprint density at radius 2 is 2.24 bits per heavy atom. The number of aryl methyl sites for hydroxylation is 1. The Balaban J connectivity index is 2.08. The zero-order valence-corrected chi connectivity index (χ0v) is 10.4. The quantitative estimate of drug-likeness (QED) is 0.815. The van der Waals surface area contributed by atoms with Gasteiger partial charge in [-0.05, 0) is 29.5 Å². The molecule has 1 amide bonds. The summed E-state index contributed by atoms with van der Waals surface area (Å²) < 4.78 is 0. The third-order valence-electron chi connectivity index (χ3n) is 3.16. The van der Waals surface area contributed by atoms with E-state index in [1.54, 1.807) is 11.3 Å². The number of carbonyl (C=O) groups is 1. The molecule has 1 atom stereocenters. The molecule has 0 saturated heterocycles. The first-order chi connectivity index (χ1) is 8.24. The Labute approximate surface area is 104 Å². The highest BCUT2D eigenvalue weighted by atomic mass is 32.1. The fourth-order valence-corrected chi connectivity index (χ4v) is 3.22. The molecule has 2 nitrogen and oxygen atoms in total. The molecule has 0 fully saturated rings. The van der Waals surface area contributed by atoms with Crippen LogP contribution >= 0.6 is 11.3 Å². The minimum atomic E-state index is 0.117. The van der Waals surface area contributed by atoms with Crippen LogP contribution in [-0.2, 0) is 4.79 Å². The van der Waals surface area contributed by atoms with Crippen molar-refractivity contribution in [2.45, 2.75) is 19.3 Å². The minimum absolute atomic E-state index is 0.117. The van der Waals surface area contributed by atoms with Crippen LogP contribution in [0, 0.1) is 6.92 Å². The van der Waals surface area contributed by atoms with Crippen molar-refractivity contribution < 1.29 is 4.79 Å². The van der Waals surface area contributed by atoms with Gasteiger partial charge in [0.15, 0.2) is 0 Å². The van der Waals surface area contributed by atoms with Crippen LogP contribution in [0.15, 0.2) is 35.7 Å². The molecule has 0 bridgehead atoms. The first-order valence-corrected chi connectivity index (χ1v) is 6.56. The molecule has 1 aliphatic heterocycles. The van der Waals surface area contributed by atoms with Gasteiger partial charge >= 0.3 is 0 Å². The second kappa shape index (κ2) is 4.00. The standard InChI is InChI=1S/C14H13NOS/c1-9-3-2-4-10(7-9)12-8-13(16)15-14-11(12)5-6-17-14/h2-7,12H,8H2,1H3,(H,15,16). The molecule has 2 heterocycles. The van der Waals surface area contributed by atoms with Gasteiger partial charge in [-0.25, -0.2) is 0 Å². The van der Waals surface area contributed by atoms with Crippen LogP contribution in [-0.4, -0.2) is 5.91 Å². The molecule has 3 heteroatoms. The fraction of sp³-hybridized carbons (Fsp3) is 0.214. The van der Waals surface area contributed by atoms with E-state index in [1.807, 2.05) is 5.38 Å². The number of hydrogen-bond acceptors (Lipinski definition) is 2. The lowest BCUT2D eigenvalue weighted by Gasteiger charge is -2.23. The largest absolute Gasteiger partial charge is 0.317 e. The van der Waals surface area contributed by atoms with Gasteiger partial charge in [-0.15, -0.1) is 11.3 Å². The number of benzene rings is 1. The molecular formula is C14H13NOS. The van der Waals surface area contributed by atoms with Crippen molar-refractivity contribution in [3.63, 3.8) is 0 Å². The predicted octanol–water partition coefficient (Wildman–Crippen LogP) is 3.53. The molecule has 0 spiro atoms. The van der Waals surface area contributed by atoms with Gasteiger partial charge in [0.1, 0.15) is 0 Å². The third-order valence-corrected chi connectivity index (χ3v) is 4.00. The number of fused-ring (bicyclic) bond motifs is 1. The molecule has 1 aliphatic rings. The summed E-state index contributed by atoms with van der Waals surface area (Å²) in [4.78, 5) is 11.7. The summed E-state index contributed by atoms with van der Waals surface area (Å²) in [7, 11) is 0. The van der Waals surface area contributed by atoms with Gasteiger partial charge in [-0.3, -0.25) is 4.79 Å². The van der Waals surface area contributed by atoms with Gasteiger partial charge in [0.2, 0.25) is 5.91 Å². The van der Waals surface area contributed by atoms with E-state index in [2.05, 4.69) is 42.6 Å². The lowest BCUT2D eigenvalue weighted by molar-refractivity contribution is -0.116. The van der Waals surface area contributed by atoms with Gasteiger partial charge in [0.25, 0.3) is 0 Å². The second-order valence-electron chi connectivity index (χ2n) is 4.42. The number of hydrogen-bond donors (Lipinski definition) is 1. The Bertz CT molecular complexity index is 573. The van der Waals surface area contributed by atoms with Crippen molar-refractivity contribution in [3.05, 3.63) is 52.4 Å². The summed E-state index contributed by atoms with van der Waals surface area (Å²) in [6.45, 7) is 2.08. The van der Waals surface area contributed by atoms with E-state index >= 15 is 0 Å². The first kappa shape index (κ1) is 10.5. The van der Waals surface area contributed by atoms with E-state index < -0.39 is 0 Å². The van der Waals surface area contributed by atoms with Crippen LogP contribution in [0.25, 0.3) is 0 Å². The number of carbonyl (C=O) groups excluding carboxylic acids is 1. The zero-order chi connectivity index (χ0) is 11.8. The molecule has 0 aliphatic carbocycles. The van der Waals surface area contributed by atoms with Crippen molar-refractivity contribution in [2.24, 2.45) is 0 Å². The molecule has 86 valence electrons. The maximum absolute atomic E-state index is 11.7. The fourth-order valence-electron chi connectivity index (χ4n) is 2.35. The molecule has 0 saturated carbocycles. The number of amides is 1. The Kier molecular flexibility index (Phi) is 2.48. The minimum Gasteiger partial charge on any atom is -0.317 e. The summed E-state index contributed by atoms with van der Waals surface area (Å²) in [6.07, 6.45) is 0.549. The van der Waals surface area contributed by atoms with Crippen LogP contribution in [0.1, 0.15) is 29.0 Å². The molecule has 1 N–H and O–H groups in total. The van der Waals surface area contributed by atoms with Crippen LogP contribution < -0.4 is 5.32 Å². The average Bonchev–Trinajstić information content (AvgIpc) is 2.75. The third kappa shape index (κ3) is 1.87. The van der Waals surface area contributed by atoms with Crippen LogP contribution in [0.2, 0.25) is 0 Å². The summed E-state index contributed by atoms with van der Waals surface area (Å²) in [5.74, 6) is 0.330. The number of rotatable bonds is 1. The van der Waals surface area contributed by atoms with E-state index in [9.17, 15) is 4.79 Å². The molecule has 3 rings (SSSR count). The molecule has 2 aromatic rings. The van der Waals surface area contributed by atoms with E-state index in [1.165, 1.54) is 16.7 Å². The van der Waals surface area contributed by atoms with E-state index in [-0.39, 0.29) is 11.8 Å². The molecule has 0 radical (unpaired) electrons. The Hall–Kier alpha value is -1.61. The number of nitrogens with one attached hydrogen (secondary N) is 1. The monoisotopic (exact) mass is 243 g/mol. The summed E-state index contributed by atoms with van der Waals surface area (Å²) in [6, 6.07) is 10.5. The smallest absolute Gasteiger partial charge is 0.225 e. The van der Waals surface area contributed by atoms with E-state index in [0.29, 0.717) is 6.42 Å². The summed E-state index contributed by atoms with van der Waals surface area (Å²) in [5, 5.41) is 5.98. The molecular weight excluding hydrogens is 230 g/mol. The molecule has 17 heavy (non-hydrogen) atoms. The maximum Gasteiger partial charge on any atom is 0.225 e. The highest BCUT2D eigenvalue weighted by Gasteiger charge is 2.27. The lowest BCUT2D eigenvalue weighted by Crippen LogP contribution is -2.21. The topological polar surface area (TPSA) is 29.1 Å². The van der Waals surface area contributed by atoms with Crippen molar-refractivity contribution in [3.8, 4) is 0 Å². The summed E-state index contributed by atoms with van der Waals surface area (Å²) >= 11 is 1.60. The van der Waals surface area contributed by atoms with Gasteiger partial charge in [0.05, 0.1) is 5.00 Å². The molecule has 1 aromatic carbocycles. The van der Waals surface area contributed by atoms with Gasteiger partial charge in [0, 0.05) is 12.3 Å².